The Balaban J connectivity index is 1.82. The molecule has 0 fully saturated rings. The summed E-state index contributed by atoms with van der Waals surface area (Å²) >= 11 is 0. The number of hydrogen-bond donors (Lipinski definition) is 0. The standard InChI is InChI=1S/C18H16N4O2/c1-13-9-15(24-20-13)12-22-17-10-19-8-7-16(17)21(18(22)23)11-14-5-3-2-4-6-14/h2-10H,11-12H2,1H3. The molecule has 0 saturated heterocycles. The van der Waals surface area contributed by atoms with Crippen LogP contribution in [0, 0.1) is 6.92 Å². The first-order valence-electron chi connectivity index (χ1n) is 7.71. The summed E-state index contributed by atoms with van der Waals surface area (Å²) in [5.74, 6) is 0.650. The van der Waals surface area contributed by atoms with Crippen molar-refractivity contribution in [2.75, 3.05) is 0 Å². The molecule has 24 heavy (non-hydrogen) atoms. The third-order valence-corrected chi connectivity index (χ3v) is 4.00. The minimum absolute atomic E-state index is 0.0871. The third-order valence-electron chi connectivity index (χ3n) is 4.00. The van der Waals surface area contributed by atoms with Crippen molar-refractivity contribution >= 4 is 11.0 Å². The number of benzene rings is 1. The summed E-state index contributed by atoms with van der Waals surface area (Å²) in [5, 5.41) is 3.88. The monoisotopic (exact) mass is 320 g/mol. The minimum Gasteiger partial charge on any atom is -0.359 e. The van der Waals surface area contributed by atoms with Crippen LogP contribution in [0.4, 0.5) is 0 Å². The van der Waals surface area contributed by atoms with Crippen LogP contribution in [0.2, 0.25) is 0 Å². The number of hydrogen-bond acceptors (Lipinski definition) is 4. The summed E-state index contributed by atoms with van der Waals surface area (Å²) in [6, 6.07) is 13.6. The van der Waals surface area contributed by atoms with Crippen molar-refractivity contribution in [3.8, 4) is 0 Å². The van der Waals surface area contributed by atoms with Crippen LogP contribution in [0.1, 0.15) is 17.0 Å². The predicted molar refractivity (Wildman–Crippen MR) is 89.9 cm³/mol. The first kappa shape index (κ1) is 14.4. The van der Waals surface area contributed by atoms with Crippen LogP contribution < -0.4 is 5.69 Å². The molecule has 0 N–H and O–H groups in total. The van der Waals surface area contributed by atoms with E-state index < -0.39 is 0 Å². The highest BCUT2D eigenvalue weighted by molar-refractivity contribution is 5.75. The number of nitrogens with zero attached hydrogens (tertiary/aromatic N) is 4. The van der Waals surface area contributed by atoms with E-state index in [0.29, 0.717) is 18.8 Å². The lowest BCUT2D eigenvalue weighted by molar-refractivity contribution is 0.372. The van der Waals surface area contributed by atoms with E-state index in [2.05, 4.69) is 10.1 Å². The van der Waals surface area contributed by atoms with Gasteiger partial charge in [-0.3, -0.25) is 14.1 Å². The molecule has 3 aromatic heterocycles. The Bertz CT molecular complexity index is 1040. The Kier molecular flexibility index (Phi) is 3.49. The molecule has 0 unspecified atom stereocenters. The van der Waals surface area contributed by atoms with Crippen LogP contribution in [0.15, 0.2) is 64.2 Å². The number of pyridine rings is 1. The van der Waals surface area contributed by atoms with Crippen molar-refractivity contribution in [2.45, 2.75) is 20.0 Å². The number of fused-ring (bicyclic) bond motifs is 1. The second-order valence-corrected chi connectivity index (χ2v) is 5.74. The van der Waals surface area contributed by atoms with E-state index in [1.54, 1.807) is 21.5 Å². The fourth-order valence-electron chi connectivity index (χ4n) is 2.89. The van der Waals surface area contributed by atoms with Crippen molar-refractivity contribution < 1.29 is 4.52 Å². The first-order valence-corrected chi connectivity index (χ1v) is 7.71. The highest BCUT2D eigenvalue weighted by Crippen LogP contribution is 2.15. The summed E-state index contributed by atoms with van der Waals surface area (Å²) in [6.45, 7) is 2.71. The van der Waals surface area contributed by atoms with Gasteiger partial charge in [0, 0.05) is 12.3 Å². The Morgan fingerprint density at radius 1 is 1.04 bits per heavy atom. The number of rotatable bonds is 4. The lowest BCUT2D eigenvalue weighted by Crippen LogP contribution is -2.25. The minimum atomic E-state index is -0.0871. The van der Waals surface area contributed by atoms with Gasteiger partial charge in [-0.25, -0.2) is 4.79 Å². The quantitative estimate of drug-likeness (QED) is 0.580. The van der Waals surface area contributed by atoms with Gasteiger partial charge in [-0.2, -0.15) is 0 Å². The van der Waals surface area contributed by atoms with Gasteiger partial charge in [0.2, 0.25) is 0 Å². The van der Waals surface area contributed by atoms with Crippen LogP contribution in [0.25, 0.3) is 11.0 Å². The maximum Gasteiger partial charge on any atom is 0.329 e. The van der Waals surface area contributed by atoms with Gasteiger partial charge in [0.1, 0.15) is 0 Å². The molecule has 3 heterocycles. The SMILES string of the molecule is Cc1cc(Cn2c(=O)n(Cc3ccccc3)c3ccncc32)on1. The van der Waals surface area contributed by atoms with E-state index in [1.165, 1.54) is 0 Å². The van der Waals surface area contributed by atoms with Crippen molar-refractivity contribution in [1.29, 1.82) is 0 Å². The summed E-state index contributed by atoms with van der Waals surface area (Å²) in [6.07, 6.45) is 3.41. The van der Waals surface area contributed by atoms with Crippen molar-refractivity contribution in [3.63, 3.8) is 0 Å². The topological polar surface area (TPSA) is 65.8 Å². The van der Waals surface area contributed by atoms with Crippen LogP contribution in [-0.4, -0.2) is 19.3 Å². The van der Waals surface area contributed by atoms with Crippen molar-refractivity contribution in [1.82, 2.24) is 19.3 Å². The molecular formula is C18H16N4O2. The second kappa shape index (κ2) is 5.81. The Morgan fingerprint density at radius 2 is 1.83 bits per heavy atom. The van der Waals surface area contributed by atoms with E-state index in [0.717, 1.165) is 22.3 Å². The molecule has 0 aliphatic carbocycles. The van der Waals surface area contributed by atoms with E-state index in [-0.39, 0.29) is 5.69 Å². The van der Waals surface area contributed by atoms with Gasteiger partial charge in [-0.15, -0.1) is 0 Å². The zero-order chi connectivity index (χ0) is 16.5. The summed E-state index contributed by atoms with van der Waals surface area (Å²) in [5.41, 5.74) is 3.42. The molecule has 1 aromatic carbocycles. The largest absolute Gasteiger partial charge is 0.359 e. The molecule has 0 amide bonds. The lowest BCUT2D eigenvalue weighted by atomic mass is 10.2. The van der Waals surface area contributed by atoms with Gasteiger partial charge >= 0.3 is 5.69 Å². The fraction of sp³-hybridized carbons (Fsp3) is 0.167. The third kappa shape index (κ3) is 2.52. The molecule has 0 bridgehead atoms. The lowest BCUT2D eigenvalue weighted by Gasteiger charge is -2.03. The summed E-state index contributed by atoms with van der Waals surface area (Å²) in [7, 11) is 0. The van der Waals surface area contributed by atoms with Crippen LogP contribution in [-0.2, 0) is 13.1 Å². The average Bonchev–Trinajstić information content (AvgIpc) is 3.13. The van der Waals surface area contributed by atoms with Crippen molar-refractivity contribution in [2.24, 2.45) is 0 Å². The normalized spacial score (nSPS) is 11.2. The van der Waals surface area contributed by atoms with Gasteiger partial charge < -0.3 is 4.52 Å². The van der Waals surface area contributed by atoms with Crippen LogP contribution in [0.5, 0.6) is 0 Å². The van der Waals surface area contributed by atoms with Gasteiger partial charge in [0.15, 0.2) is 5.76 Å². The molecule has 120 valence electrons. The molecule has 4 aromatic rings. The Labute approximate surface area is 138 Å². The maximum absolute atomic E-state index is 12.9. The molecule has 0 saturated carbocycles. The maximum atomic E-state index is 12.9. The molecule has 6 heteroatoms. The highest BCUT2D eigenvalue weighted by Gasteiger charge is 2.15. The highest BCUT2D eigenvalue weighted by atomic mass is 16.5. The number of aromatic nitrogens is 4. The Hall–Kier alpha value is -3.15. The van der Waals surface area contributed by atoms with Gasteiger partial charge in [-0.05, 0) is 18.6 Å². The predicted octanol–water partition coefficient (Wildman–Crippen LogP) is 2.59. The smallest absolute Gasteiger partial charge is 0.329 e. The van der Waals surface area contributed by atoms with E-state index >= 15 is 0 Å². The molecule has 6 nitrogen and oxygen atoms in total. The zero-order valence-electron chi connectivity index (χ0n) is 13.2. The van der Waals surface area contributed by atoms with Gasteiger partial charge in [-0.1, -0.05) is 35.5 Å². The molecule has 0 atom stereocenters. The van der Waals surface area contributed by atoms with Crippen molar-refractivity contribution in [3.05, 3.63) is 82.4 Å². The molecular weight excluding hydrogens is 304 g/mol. The fourth-order valence-corrected chi connectivity index (χ4v) is 2.89. The number of imidazole rings is 1. The van der Waals surface area contributed by atoms with Crippen LogP contribution in [0.3, 0.4) is 0 Å². The summed E-state index contributed by atoms with van der Waals surface area (Å²) < 4.78 is 8.69. The van der Waals surface area contributed by atoms with E-state index in [1.807, 2.05) is 49.4 Å². The summed E-state index contributed by atoms with van der Waals surface area (Å²) in [4.78, 5) is 17.1. The Morgan fingerprint density at radius 3 is 2.58 bits per heavy atom. The zero-order valence-corrected chi connectivity index (χ0v) is 13.2. The second-order valence-electron chi connectivity index (χ2n) is 5.74. The van der Waals surface area contributed by atoms with Gasteiger partial charge in [0.25, 0.3) is 0 Å². The van der Waals surface area contributed by atoms with Gasteiger partial charge in [0.05, 0.1) is 36.0 Å². The van der Waals surface area contributed by atoms with E-state index in [9.17, 15) is 4.79 Å². The van der Waals surface area contributed by atoms with E-state index in [4.69, 9.17) is 4.52 Å². The molecule has 0 aliphatic heterocycles. The number of aryl methyl sites for hydroxylation is 1. The molecule has 0 spiro atoms. The molecule has 4 rings (SSSR count). The average molecular weight is 320 g/mol. The van der Waals surface area contributed by atoms with Crippen LogP contribution >= 0.6 is 0 Å². The first-order chi connectivity index (χ1) is 11.7. The molecule has 0 radical (unpaired) electrons. The molecule has 0 aliphatic rings.